The van der Waals surface area contributed by atoms with E-state index < -0.39 is 17.7 Å². The summed E-state index contributed by atoms with van der Waals surface area (Å²) in [5, 5.41) is 20.6. The fourth-order valence-electron chi connectivity index (χ4n) is 4.91. The lowest BCUT2D eigenvalue weighted by molar-refractivity contribution is -0.132. The molecule has 1 saturated heterocycles. The second-order valence-electron chi connectivity index (χ2n) is 10.3. The molecule has 0 spiro atoms. The van der Waals surface area contributed by atoms with Crippen molar-refractivity contribution in [1.82, 2.24) is 10.2 Å². The van der Waals surface area contributed by atoms with Gasteiger partial charge in [-0.2, -0.15) is 0 Å². The maximum absolute atomic E-state index is 13.5. The van der Waals surface area contributed by atoms with E-state index in [1.165, 1.54) is 28.8 Å². The van der Waals surface area contributed by atoms with E-state index in [-0.39, 0.29) is 22.3 Å². The molecule has 1 aliphatic rings. The normalized spacial score (nSPS) is 15.9. The zero-order valence-electron chi connectivity index (χ0n) is 23.8. The molecule has 1 aromatic heterocycles. The number of carbonyl (C=O) groups is 2. The Morgan fingerprint density at radius 3 is 2.42 bits per heavy atom. The number of anilines is 1. The van der Waals surface area contributed by atoms with Crippen molar-refractivity contribution in [1.29, 1.82) is 0 Å². The summed E-state index contributed by atoms with van der Waals surface area (Å²) in [5.74, 6) is -1.22. The molecule has 0 saturated carbocycles. The van der Waals surface area contributed by atoms with Gasteiger partial charge in [0.15, 0.2) is 4.34 Å². The predicted molar refractivity (Wildman–Crippen MR) is 174 cm³/mol. The highest BCUT2D eigenvalue weighted by Crippen LogP contribution is 2.44. The number of ketones is 1. The number of hydrogen-bond acceptors (Lipinski definition) is 8. The Morgan fingerprint density at radius 1 is 0.978 bits per heavy atom. The van der Waals surface area contributed by atoms with Crippen molar-refractivity contribution in [2.24, 2.45) is 0 Å². The number of Topliss-reactive ketones (excluding diaryl/α,β-unsaturated/α-hetero) is 1. The van der Waals surface area contributed by atoms with Crippen molar-refractivity contribution in [3.63, 3.8) is 0 Å². The quantitative estimate of drug-likeness (QED) is 0.0562. The molecule has 0 radical (unpaired) electrons. The van der Waals surface area contributed by atoms with Crippen molar-refractivity contribution in [3.8, 4) is 5.75 Å². The lowest BCUT2D eigenvalue weighted by Crippen LogP contribution is -2.29. The van der Waals surface area contributed by atoms with Crippen molar-refractivity contribution < 1.29 is 23.8 Å². The fraction of sp³-hybridized carbons (Fsp3) is 0.118. The number of ether oxygens (including phenoxy) is 1. The summed E-state index contributed by atoms with van der Waals surface area (Å²) in [6.07, 6.45) is 0. The Kier molecular flexibility index (Phi) is 8.97. The predicted octanol–water partition coefficient (Wildman–Crippen LogP) is 8.14. The number of aryl methyl sites for hydroxylation is 1. The third-order valence-electron chi connectivity index (χ3n) is 7.12. The molecule has 5 aromatic rings. The molecule has 4 aromatic carbocycles. The molecule has 1 atom stereocenters. The number of aromatic nitrogens is 2. The maximum atomic E-state index is 13.5. The Morgan fingerprint density at radius 2 is 1.71 bits per heavy atom. The van der Waals surface area contributed by atoms with Crippen LogP contribution in [0, 0.1) is 12.7 Å². The molecule has 1 aliphatic heterocycles. The Hall–Kier alpha value is -4.51. The first-order chi connectivity index (χ1) is 21.8. The number of halogens is 2. The second-order valence-corrected chi connectivity index (χ2v) is 12.9. The second kappa shape index (κ2) is 13.2. The van der Waals surface area contributed by atoms with Crippen LogP contribution in [-0.2, 0) is 21.9 Å². The standard InChI is InChI=1S/C34H25ClFN3O4S2/c1-20-3-2-4-22(17-20)18-43-27-15-9-24(10-16-27)30(40)28-29(23-7-11-25(35)12-8-23)39(32(42)31(28)41)33-37-38-34(45-33)44-19-21-5-13-26(36)14-6-21/h2-17,29,40H,18-19H2,1H3/b30-28+. The molecule has 1 amide bonds. The van der Waals surface area contributed by atoms with Gasteiger partial charge in [-0.25, -0.2) is 4.39 Å². The van der Waals surface area contributed by atoms with E-state index in [0.29, 0.717) is 38.6 Å². The van der Waals surface area contributed by atoms with Crippen molar-refractivity contribution in [3.05, 3.63) is 141 Å². The van der Waals surface area contributed by atoms with Crippen LogP contribution in [0.1, 0.15) is 33.9 Å². The van der Waals surface area contributed by atoms with Gasteiger partial charge in [0, 0.05) is 16.3 Å². The molecule has 226 valence electrons. The molecular formula is C34H25ClFN3O4S2. The first-order valence-corrected chi connectivity index (χ1v) is 16.0. The Balaban J connectivity index is 1.29. The molecule has 7 nitrogen and oxygen atoms in total. The van der Waals surface area contributed by atoms with Crippen LogP contribution in [0.3, 0.4) is 0 Å². The molecule has 11 heteroatoms. The highest BCUT2D eigenvalue weighted by Gasteiger charge is 2.48. The van der Waals surface area contributed by atoms with Gasteiger partial charge < -0.3 is 9.84 Å². The molecule has 45 heavy (non-hydrogen) atoms. The number of thioether (sulfide) groups is 1. The van der Waals surface area contributed by atoms with Crippen LogP contribution in [0.2, 0.25) is 5.02 Å². The van der Waals surface area contributed by atoms with Gasteiger partial charge in [-0.3, -0.25) is 14.5 Å². The molecule has 1 fully saturated rings. The Labute approximate surface area is 272 Å². The van der Waals surface area contributed by atoms with E-state index in [0.717, 1.165) is 28.0 Å². The van der Waals surface area contributed by atoms with E-state index in [1.54, 1.807) is 60.7 Å². The third-order valence-corrected chi connectivity index (χ3v) is 9.50. The van der Waals surface area contributed by atoms with Crippen LogP contribution in [0.25, 0.3) is 5.76 Å². The average Bonchev–Trinajstić information content (AvgIpc) is 3.62. The first kappa shape index (κ1) is 30.5. The molecule has 0 bridgehead atoms. The SMILES string of the molecule is Cc1cccc(COc2ccc(/C(O)=C3\C(=O)C(=O)N(c4nnc(SCc5ccc(F)cc5)s4)C3c3ccc(Cl)cc3)cc2)c1. The van der Waals surface area contributed by atoms with E-state index in [2.05, 4.69) is 10.2 Å². The zero-order chi connectivity index (χ0) is 31.5. The molecule has 1 N–H and O–H groups in total. The van der Waals surface area contributed by atoms with Crippen LogP contribution in [-0.4, -0.2) is 27.0 Å². The van der Waals surface area contributed by atoms with E-state index in [4.69, 9.17) is 16.3 Å². The van der Waals surface area contributed by atoms with Crippen molar-refractivity contribution in [2.45, 2.75) is 29.7 Å². The number of aliphatic hydroxyl groups excluding tert-OH is 1. The van der Waals surface area contributed by atoms with E-state index >= 15 is 0 Å². The number of rotatable bonds is 9. The van der Waals surface area contributed by atoms with Crippen molar-refractivity contribution in [2.75, 3.05) is 4.90 Å². The van der Waals surface area contributed by atoms with Gasteiger partial charge in [-0.1, -0.05) is 88.8 Å². The van der Waals surface area contributed by atoms with Crippen LogP contribution in [0.5, 0.6) is 5.75 Å². The summed E-state index contributed by atoms with van der Waals surface area (Å²) in [6, 6.07) is 26.6. The smallest absolute Gasteiger partial charge is 0.301 e. The number of amides is 1. The number of hydrogen-bond donors (Lipinski definition) is 1. The van der Waals surface area contributed by atoms with Gasteiger partial charge in [-0.15, -0.1) is 10.2 Å². The van der Waals surface area contributed by atoms with Gasteiger partial charge in [0.25, 0.3) is 5.78 Å². The van der Waals surface area contributed by atoms with Crippen LogP contribution in [0.15, 0.2) is 107 Å². The topological polar surface area (TPSA) is 92.6 Å². The van der Waals surface area contributed by atoms with E-state index in [1.807, 2.05) is 31.2 Å². The third kappa shape index (κ3) is 6.78. The molecule has 2 heterocycles. The summed E-state index contributed by atoms with van der Waals surface area (Å²) in [6.45, 7) is 2.39. The van der Waals surface area contributed by atoms with Gasteiger partial charge in [0.2, 0.25) is 5.13 Å². The zero-order valence-corrected chi connectivity index (χ0v) is 26.2. The van der Waals surface area contributed by atoms with Crippen LogP contribution >= 0.6 is 34.7 Å². The highest BCUT2D eigenvalue weighted by molar-refractivity contribution is 8.00. The van der Waals surface area contributed by atoms with E-state index in [9.17, 15) is 19.1 Å². The minimum absolute atomic E-state index is 0.0773. The summed E-state index contributed by atoms with van der Waals surface area (Å²) < 4.78 is 19.7. The number of benzene rings is 4. The van der Waals surface area contributed by atoms with Gasteiger partial charge in [-0.05, 0) is 72.1 Å². The molecular weight excluding hydrogens is 633 g/mol. The Bertz CT molecular complexity index is 1890. The van der Waals surface area contributed by atoms with Gasteiger partial charge in [0.05, 0.1) is 11.6 Å². The lowest BCUT2D eigenvalue weighted by Gasteiger charge is -2.22. The molecule has 1 unspecified atom stereocenters. The largest absolute Gasteiger partial charge is 0.507 e. The number of carbonyl (C=O) groups excluding carboxylic acids is 2. The number of nitrogens with zero attached hydrogens (tertiary/aromatic N) is 3. The monoisotopic (exact) mass is 657 g/mol. The minimum atomic E-state index is -0.970. The fourth-order valence-corrected chi connectivity index (χ4v) is 6.86. The first-order valence-electron chi connectivity index (χ1n) is 13.8. The summed E-state index contributed by atoms with van der Waals surface area (Å²) in [7, 11) is 0. The summed E-state index contributed by atoms with van der Waals surface area (Å²) >= 11 is 8.67. The molecule has 0 aliphatic carbocycles. The van der Waals surface area contributed by atoms with Gasteiger partial charge in [0.1, 0.15) is 23.9 Å². The highest BCUT2D eigenvalue weighted by atomic mass is 35.5. The lowest BCUT2D eigenvalue weighted by atomic mass is 9.95. The van der Waals surface area contributed by atoms with Crippen LogP contribution in [0.4, 0.5) is 9.52 Å². The molecule has 6 rings (SSSR count). The minimum Gasteiger partial charge on any atom is -0.507 e. The summed E-state index contributed by atoms with van der Waals surface area (Å²) in [4.78, 5) is 28.3. The van der Waals surface area contributed by atoms with Crippen LogP contribution < -0.4 is 9.64 Å². The average molecular weight is 658 g/mol. The maximum Gasteiger partial charge on any atom is 0.301 e. The number of aliphatic hydroxyl groups is 1. The summed E-state index contributed by atoms with van der Waals surface area (Å²) in [5.41, 5.74) is 3.89. The van der Waals surface area contributed by atoms with Crippen molar-refractivity contribution >= 4 is 57.3 Å². The van der Waals surface area contributed by atoms with Gasteiger partial charge >= 0.3 is 5.91 Å².